The molecule has 2 amide bonds. The summed E-state index contributed by atoms with van der Waals surface area (Å²) in [7, 11) is 3.97. The molecule has 5 rings (SSSR count). The third-order valence-corrected chi connectivity index (χ3v) is 7.75. The predicted molar refractivity (Wildman–Crippen MR) is 154 cm³/mol. The van der Waals surface area contributed by atoms with Crippen molar-refractivity contribution in [1.29, 1.82) is 0 Å². The second-order valence-corrected chi connectivity index (χ2v) is 11.1. The van der Waals surface area contributed by atoms with Gasteiger partial charge < -0.3 is 20.1 Å². The first-order chi connectivity index (χ1) is 19.1. The fraction of sp³-hybridized carbons (Fsp3) is 0.290. The Balaban J connectivity index is 1.56. The van der Waals surface area contributed by atoms with Gasteiger partial charge in [-0.1, -0.05) is 36.7 Å². The van der Waals surface area contributed by atoms with E-state index in [-0.39, 0.29) is 17.4 Å². The summed E-state index contributed by atoms with van der Waals surface area (Å²) in [4.78, 5) is 34.8. The molecule has 0 aliphatic carbocycles. The molecule has 1 aliphatic rings. The molecule has 3 atom stereocenters. The molecule has 4 aromatic rings. The molecule has 9 heteroatoms. The number of para-hydroxylation sites is 1. The maximum absolute atomic E-state index is 14.6. The highest BCUT2D eigenvalue weighted by atomic mass is 35.5. The van der Waals surface area contributed by atoms with Crippen molar-refractivity contribution in [2.45, 2.75) is 25.3 Å². The number of halogens is 3. The Kier molecular flexibility index (Phi) is 7.92. The van der Waals surface area contributed by atoms with Crippen molar-refractivity contribution in [3.8, 4) is 0 Å². The zero-order valence-electron chi connectivity index (χ0n) is 22.5. The third kappa shape index (κ3) is 5.60. The molecule has 3 aromatic carbocycles. The molecular formula is C31H31ClF2N4O2. The standard InChI is InChI=1S/C31H31ClF2N4O2/c1-18(25-15-35-27-7-5-4-6-23(25)27)29(36-30(39)24-10-9-22(33)14-26(24)34)31(40)38-17-19(16-37(2)3)12-20-13-21(32)8-11-28(20)38/h4-11,13-15,18-19,29,35H,12,16-17H2,1-3H3,(H,36,39)/t18?,19-,29?/m1/s1. The first-order valence-corrected chi connectivity index (χ1v) is 13.6. The Morgan fingerprint density at radius 2 is 1.90 bits per heavy atom. The predicted octanol–water partition coefficient (Wildman–Crippen LogP) is 5.77. The van der Waals surface area contributed by atoms with Gasteiger partial charge in [0.05, 0.1) is 5.56 Å². The van der Waals surface area contributed by atoms with E-state index in [1.807, 2.05) is 63.6 Å². The molecule has 0 saturated carbocycles. The van der Waals surface area contributed by atoms with Crippen LogP contribution in [0, 0.1) is 17.6 Å². The maximum Gasteiger partial charge on any atom is 0.254 e. The molecule has 0 fully saturated rings. The lowest BCUT2D eigenvalue weighted by Crippen LogP contribution is -2.54. The molecule has 40 heavy (non-hydrogen) atoms. The van der Waals surface area contributed by atoms with E-state index in [9.17, 15) is 18.4 Å². The Morgan fingerprint density at radius 1 is 1.12 bits per heavy atom. The summed E-state index contributed by atoms with van der Waals surface area (Å²) in [5, 5.41) is 4.30. The van der Waals surface area contributed by atoms with Crippen molar-refractivity contribution in [2.75, 3.05) is 32.1 Å². The summed E-state index contributed by atoms with van der Waals surface area (Å²) >= 11 is 6.32. The van der Waals surface area contributed by atoms with E-state index in [2.05, 4.69) is 15.2 Å². The first kappa shape index (κ1) is 27.8. The van der Waals surface area contributed by atoms with Gasteiger partial charge in [-0.3, -0.25) is 9.59 Å². The van der Waals surface area contributed by atoms with Gasteiger partial charge in [-0.15, -0.1) is 0 Å². The number of amides is 2. The highest BCUT2D eigenvalue weighted by Crippen LogP contribution is 2.35. The number of fused-ring (bicyclic) bond motifs is 2. The molecule has 0 saturated heterocycles. The number of carbonyl (C=O) groups is 2. The van der Waals surface area contributed by atoms with E-state index in [0.29, 0.717) is 17.6 Å². The van der Waals surface area contributed by atoms with Crippen LogP contribution in [0.15, 0.2) is 66.9 Å². The zero-order valence-corrected chi connectivity index (χ0v) is 23.3. The minimum absolute atomic E-state index is 0.138. The summed E-state index contributed by atoms with van der Waals surface area (Å²) < 4.78 is 28.1. The minimum atomic E-state index is -1.04. The summed E-state index contributed by atoms with van der Waals surface area (Å²) in [6.07, 6.45) is 2.59. The first-order valence-electron chi connectivity index (χ1n) is 13.2. The van der Waals surface area contributed by atoms with Gasteiger partial charge in [-0.2, -0.15) is 0 Å². The number of benzene rings is 3. The van der Waals surface area contributed by atoms with Crippen LogP contribution in [0.3, 0.4) is 0 Å². The molecule has 0 spiro atoms. The molecule has 1 aromatic heterocycles. The fourth-order valence-electron chi connectivity index (χ4n) is 5.67. The number of H-pyrrole nitrogens is 1. The molecule has 2 N–H and O–H groups in total. The molecule has 208 valence electrons. The quantitative estimate of drug-likeness (QED) is 0.299. The van der Waals surface area contributed by atoms with Crippen LogP contribution in [-0.4, -0.2) is 54.9 Å². The third-order valence-electron chi connectivity index (χ3n) is 7.51. The van der Waals surface area contributed by atoms with Gasteiger partial charge in [0.15, 0.2) is 0 Å². The second-order valence-electron chi connectivity index (χ2n) is 10.7. The number of rotatable bonds is 7. The molecule has 2 heterocycles. The van der Waals surface area contributed by atoms with Gasteiger partial charge in [0.2, 0.25) is 5.91 Å². The van der Waals surface area contributed by atoms with Crippen molar-refractivity contribution >= 4 is 40.0 Å². The minimum Gasteiger partial charge on any atom is -0.361 e. The van der Waals surface area contributed by atoms with Gasteiger partial charge in [-0.05, 0) is 74.0 Å². The van der Waals surface area contributed by atoms with E-state index < -0.39 is 29.5 Å². The van der Waals surface area contributed by atoms with E-state index in [4.69, 9.17) is 11.6 Å². The van der Waals surface area contributed by atoms with Gasteiger partial charge in [0.25, 0.3) is 5.91 Å². The monoisotopic (exact) mass is 564 g/mol. The Morgan fingerprint density at radius 3 is 2.65 bits per heavy atom. The van der Waals surface area contributed by atoms with E-state index in [0.717, 1.165) is 52.8 Å². The number of nitrogens with zero attached hydrogens (tertiary/aromatic N) is 2. The van der Waals surface area contributed by atoms with Crippen LogP contribution in [0.1, 0.15) is 34.3 Å². The largest absolute Gasteiger partial charge is 0.361 e. The number of hydrogen-bond donors (Lipinski definition) is 2. The van der Waals surface area contributed by atoms with Crippen molar-refractivity contribution in [3.05, 3.63) is 100 Å². The maximum atomic E-state index is 14.6. The Bertz CT molecular complexity index is 1570. The second kappa shape index (κ2) is 11.4. The van der Waals surface area contributed by atoms with Gasteiger partial charge in [0.1, 0.15) is 17.7 Å². The van der Waals surface area contributed by atoms with Gasteiger partial charge in [0, 0.05) is 52.9 Å². The SMILES string of the molecule is CC(c1c[nH]c2ccccc12)C(NC(=O)c1ccc(F)cc1F)C(=O)N1C[C@@H](CN(C)C)Cc2cc(Cl)ccc21. The zero-order chi connectivity index (χ0) is 28.6. The summed E-state index contributed by atoms with van der Waals surface area (Å²) in [5.74, 6) is -3.24. The molecule has 2 unspecified atom stereocenters. The van der Waals surface area contributed by atoms with Crippen molar-refractivity contribution in [2.24, 2.45) is 5.92 Å². The molecular weight excluding hydrogens is 534 g/mol. The van der Waals surface area contributed by atoms with Crippen LogP contribution < -0.4 is 10.2 Å². The highest BCUT2D eigenvalue weighted by molar-refractivity contribution is 6.30. The number of nitrogens with one attached hydrogen (secondary N) is 2. The van der Waals surface area contributed by atoms with Crippen LogP contribution in [0.4, 0.5) is 14.5 Å². The van der Waals surface area contributed by atoms with Crippen LogP contribution in [0.5, 0.6) is 0 Å². The average Bonchev–Trinajstić information content (AvgIpc) is 3.34. The lowest BCUT2D eigenvalue weighted by molar-refractivity contribution is -0.121. The summed E-state index contributed by atoms with van der Waals surface area (Å²) in [6, 6.07) is 14.9. The lowest BCUT2D eigenvalue weighted by Gasteiger charge is -2.38. The number of anilines is 1. The number of carbonyl (C=O) groups excluding carboxylic acids is 2. The van der Waals surface area contributed by atoms with E-state index >= 15 is 0 Å². The smallest absolute Gasteiger partial charge is 0.254 e. The molecule has 0 radical (unpaired) electrons. The van der Waals surface area contributed by atoms with E-state index in [1.165, 1.54) is 0 Å². The van der Waals surface area contributed by atoms with Crippen molar-refractivity contribution < 1.29 is 18.4 Å². The van der Waals surface area contributed by atoms with Crippen LogP contribution >= 0.6 is 11.6 Å². The van der Waals surface area contributed by atoms with Gasteiger partial charge in [-0.25, -0.2) is 8.78 Å². The van der Waals surface area contributed by atoms with Crippen LogP contribution in [0.2, 0.25) is 5.02 Å². The molecule has 0 bridgehead atoms. The molecule has 6 nitrogen and oxygen atoms in total. The number of aromatic amines is 1. The van der Waals surface area contributed by atoms with Crippen molar-refractivity contribution in [3.63, 3.8) is 0 Å². The number of hydrogen-bond acceptors (Lipinski definition) is 3. The lowest BCUT2D eigenvalue weighted by atomic mass is 9.88. The normalized spacial score (nSPS) is 16.6. The average molecular weight is 565 g/mol. The van der Waals surface area contributed by atoms with Crippen molar-refractivity contribution in [1.82, 2.24) is 15.2 Å². The number of aromatic nitrogens is 1. The Labute approximate surface area is 236 Å². The molecule has 1 aliphatic heterocycles. The summed E-state index contributed by atoms with van der Waals surface area (Å²) in [6.45, 7) is 3.07. The van der Waals surface area contributed by atoms with Gasteiger partial charge >= 0.3 is 0 Å². The highest BCUT2D eigenvalue weighted by Gasteiger charge is 2.37. The van der Waals surface area contributed by atoms with E-state index in [1.54, 1.807) is 11.0 Å². The van der Waals surface area contributed by atoms with Crippen LogP contribution in [0.25, 0.3) is 10.9 Å². The summed E-state index contributed by atoms with van der Waals surface area (Å²) in [5.41, 5.74) is 3.10. The topological polar surface area (TPSA) is 68.4 Å². The Hall–Kier alpha value is -3.75. The van der Waals surface area contributed by atoms with Crippen LogP contribution in [-0.2, 0) is 11.2 Å². The fourth-order valence-corrected chi connectivity index (χ4v) is 5.87.